The number of benzene rings is 1. The third kappa shape index (κ3) is 5.37. The molecule has 0 saturated carbocycles. The summed E-state index contributed by atoms with van der Waals surface area (Å²) in [4.78, 5) is 0. The minimum atomic E-state index is -3.26. The van der Waals surface area contributed by atoms with E-state index in [9.17, 15) is 8.42 Å². The number of aliphatic hydroxyl groups is 1. The Kier molecular flexibility index (Phi) is 5.43. The second-order valence-electron chi connectivity index (χ2n) is 3.99. The number of sulfone groups is 1. The Balaban J connectivity index is 2.41. The number of rotatable bonds is 7. The lowest BCUT2D eigenvalue weighted by atomic mass is 10.3. The average Bonchev–Trinajstić information content (AvgIpc) is 2.28. The molecule has 0 fully saturated rings. The molecule has 1 aromatic carbocycles. The molecule has 1 rings (SSSR count). The van der Waals surface area contributed by atoms with Gasteiger partial charge in [-0.25, -0.2) is 8.42 Å². The number of aliphatic hydroxyl groups excluding tert-OH is 1. The Morgan fingerprint density at radius 2 is 1.78 bits per heavy atom. The zero-order chi connectivity index (χ0) is 13.6. The van der Waals surface area contributed by atoms with Gasteiger partial charge in [0.25, 0.3) is 0 Å². The van der Waals surface area contributed by atoms with Gasteiger partial charge in [0.2, 0.25) is 0 Å². The van der Waals surface area contributed by atoms with Crippen LogP contribution in [-0.2, 0) is 9.84 Å². The second-order valence-corrected chi connectivity index (χ2v) is 6.22. The van der Waals surface area contributed by atoms with Crippen molar-refractivity contribution in [2.24, 2.45) is 0 Å². The lowest BCUT2D eigenvalue weighted by Crippen LogP contribution is -2.23. The molecule has 1 unspecified atom stereocenters. The largest absolute Gasteiger partial charge is 0.497 e. The predicted octanol–water partition coefficient (Wildman–Crippen LogP) is 0.870. The molecule has 6 heteroatoms. The van der Waals surface area contributed by atoms with Crippen molar-refractivity contribution in [2.75, 3.05) is 25.2 Å². The van der Waals surface area contributed by atoms with Gasteiger partial charge in [0.15, 0.2) is 9.84 Å². The van der Waals surface area contributed by atoms with Crippen LogP contribution in [0.25, 0.3) is 0 Å². The van der Waals surface area contributed by atoms with Gasteiger partial charge in [0.1, 0.15) is 18.1 Å². The third-order valence-electron chi connectivity index (χ3n) is 2.22. The molecule has 0 aromatic heterocycles. The molecular weight excluding hydrogens is 256 g/mol. The fourth-order valence-electron chi connectivity index (χ4n) is 1.41. The number of ether oxygens (including phenoxy) is 2. The van der Waals surface area contributed by atoms with Crippen molar-refractivity contribution in [3.8, 4) is 11.5 Å². The molecule has 0 radical (unpaired) electrons. The smallest absolute Gasteiger partial charge is 0.156 e. The van der Waals surface area contributed by atoms with E-state index in [1.54, 1.807) is 31.4 Å². The first kappa shape index (κ1) is 14.8. The zero-order valence-corrected chi connectivity index (χ0v) is 11.3. The number of hydrogen-bond donors (Lipinski definition) is 1. The van der Waals surface area contributed by atoms with Gasteiger partial charge >= 0.3 is 0 Å². The van der Waals surface area contributed by atoms with Crippen LogP contribution in [0.5, 0.6) is 11.5 Å². The quantitative estimate of drug-likeness (QED) is 0.798. The van der Waals surface area contributed by atoms with Gasteiger partial charge < -0.3 is 14.6 Å². The summed E-state index contributed by atoms with van der Waals surface area (Å²) in [5, 5.41) is 9.03. The summed E-state index contributed by atoms with van der Waals surface area (Å²) >= 11 is 0. The van der Waals surface area contributed by atoms with Gasteiger partial charge in [0, 0.05) is 0 Å². The summed E-state index contributed by atoms with van der Waals surface area (Å²) in [6.07, 6.45) is -0.851. The molecule has 18 heavy (non-hydrogen) atoms. The van der Waals surface area contributed by atoms with Crippen LogP contribution in [0.2, 0.25) is 0 Å². The Bertz CT molecular complexity index is 450. The molecule has 0 bridgehead atoms. The maximum Gasteiger partial charge on any atom is 0.156 e. The molecule has 0 amide bonds. The van der Waals surface area contributed by atoms with E-state index >= 15 is 0 Å². The molecule has 0 saturated heterocycles. The van der Waals surface area contributed by atoms with Crippen LogP contribution >= 0.6 is 0 Å². The Labute approximate surface area is 107 Å². The van der Waals surface area contributed by atoms with Crippen LogP contribution in [-0.4, -0.2) is 44.9 Å². The van der Waals surface area contributed by atoms with Crippen molar-refractivity contribution in [2.45, 2.75) is 13.0 Å². The first-order valence-electron chi connectivity index (χ1n) is 5.58. The normalized spacial score (nSPS) is 13.1. The van der Waals surface area contributed by atoms with Gasteiger partial charge in [-0.1, -0.05) is 0 Å². The molecular formula is C12H18O5S. The molecule has 1 N–H and O–H groups in total. The Hall–Kier alpha value is -1.27. The van der Waals surface area contributed by atoms with E-state index in [-0.39, 0.29) is 18.1 Å². The fourth-order valence-corrected chi connectivity index (χ4v) is 2.65. The van der Waals surface area contributed by atoms with Crippen LogP contribution in [0.4, 0.5) is 0 Å². The van der Waals surface area contributed by atoms with E-state index in [0.717, 1.165) is 0 Å². The summed E-state index contributed by atoms with van der Waals surface area (Å²) in [6.45, 7) is 1.52. The SMILES string of the molecule is COc1ccc(OCCS(=O)(=O)CC(C)O)cc1. The Morgan fingerprint density at radius 1 is 1.22 bits per heavy atom. The molecule has 0 aliphatic heterocycles. The predicted molar refractivity (Wildman–Crippen MR) is 68.8 cm³/mol. The minimum Gasteiger partial charge on any atom is -0.497 e. The molecule has 0 aliphatic rings. The highest BCUT2D eigenvalue weighted by Crippen LogP contribution is 2.16. The number of methoxy groups -OCH3 is 1. The minimum absolute atomic E-state index is 0.0708. The fraction of sp³-hybridized carbons (Fsp3) is 0.500. The highest BCUT2D eigenvalue weighted by Gasteiger charge is 2.14. The molecule has 1 atom stereocenters. The average molecular weight is 274 g/mol. The maximum absolute atomic E-state index is 11.5. The summed E-state index contributed by atoms with van der Waals surface area (Å²) in [5.41, 5.74) is 0. The first-order chi connectivity index (χ1) is 8.43. The Morgan fingerprint density at radius 3 is 2.28 bits per heavy atom. The topological polar surface area (TPSA) is 72.8 Å². The van der Waals surface area contributed by atoms with Crippen LogP contribution in [0, 0.1) is 0 Å². The molecule has 102 valence electrons. The summed E-state index contributed by atoms with van der Waals surface area (Å²) < 4.78 is 33.2. The maximum atomic E-state index is 11.5. The van der Waals surface area contributed by atoms with Crippen molar-refractivity contribution in [1.82, 2.24) is 0 Å². The lowest BCUT2D eigenvalue weighted by molar-refractivity contribution is 0.218. The van der Waals surface area contributed by atoms with Gasteiger partial charge in [-0.05, 0) is 31.2 Å². The van der Waals surface area contributed by atoms with Gasteiger partial charge in [-0.3, -0.25) is 0 Å². The highest BCUT2D eigenvalue weighted by molar-refractivity contribution is 7.91. The highest BCUT2D eigenvalue weighted by atomic mass is 32.2. The van der Waals surface area contributed by atoms with E-state index < -0.39 is 15.9 Å². The van der Waals surface area contributed by atoms with Gasteiger partial charge in [0.05, 0.1) is 24.7 Å². The van der Waals surface area contributed by atoms with Gasteiger partial charge in [-0.2, -0.15) is 0 Å². The summed E-state index contributed by atoms with van der Waals surface area (Å²) in [6, 6.07) is 6.89. The molecule has 0 spiro atoms. The van der Waals surface area contributed by atoms with Crippen molar-refractivity contribution >= 4 is 9.84 Å². The van der Waals surface area contributed by atoms with Crippen molar-refractivity contribution < 1.29 is 23.0 Å². The van der Waals surface area contributed by atoms with Gasteiger partial charge in [-0.15, -0.1) is 0 Å². The van der Waals surface area contributed by atoms with Crippen LogP contribution < -0.4 is 9.47 Å². The molecule has 1 aromatic rings. The summed E-state index contributed by atoms with van der Waals surface area (Å²) in [5.74, 6) is 0.954. The molecule has 0 heterocycles. The van der Waals surface area contributed by atoms with E-state index in [0.29, 0.717) is 11.5 Å². The third-order valence-corrected chi connectivity index (χ3v) is 4.00. The molecule has 5 nitrogen and oxygen atoms in total. The van der Waals surface area contributed by atoms with Crippen LogP contribution in [0.15, 0.2) is 24.3 Å². The lowest BCUT2D eigenvalue weighted by Gasteiger charge is -2.08. The van der Waals surface area contributed by atoms with E-state index in [1.165, 1.54) is 6.92 Å². The van der Waals surface area contributed by atoms with Crippen LogP contribution in [0.3, 0.4) is 0 Å². The van der Waals surface area contributed by atoms with Crippen molar-refractivity contribution in [3.63, 3.8) is 0 Å². The summed E-state index contributed by atoms with van der Waals surface area (Å²) in [7, 11) is -1.70. The van der Waals surface area contributed by atoms with E-state index in [2.05, 4.69) is 0 Å². The zero-order valence-electron chi connectivity index (χ0n) is 10.5. The monoisotopic (exact) mass is 274 g/mol. The second kappa shape index (κ2) is 6.61. The number of hydrogen-bond acceptors (Lipinski definition) is 5. The van der Waals surface area contributed by atoms with Crippen molar-refractivity contribution in [1.29, 1.82) is 0 Å². The van der Waals surface area contributed by atoms with Crippen molar-refractivity contribution in [3.05, 3.63) is 24.3 Å². The van der Waals surface area contributed by atoms with Crippen LogP contribution in [0.1, 0.15) is 6.92 Å². The first-order valence-corrected chi connectivity index (χ1v) is 7.40. The molecule has 0 aliphatic carbocycles. The standard InChI is InChI=1S/C12H18O5S/c1-10(13)9-18(14,15)8-7-17-12-5-3-11(16-2)4-6-12/h3-6,10,13H,7-9H2,1-2H3. The van der Waals surface area contributed by atoms with E-state index in [1.807, 2.05) is 0 Å². The van der Waals surface area contributed by atoms with E-state index in [4.69, 9.17) is 14.6 Å².